The fourth-order valence-corrected chi connectivity index (χ4v) is 2.12. The molecule has 0 fully saturated rings. The van der Waals surface area contributed by atoms with Crippen molar-refractivity contribution in [1.82, 2.24) is 0 Å². The molecule has 0 heterocycles. The summed E-state index contributed by atoms with van der Waals surface area (Å²) in [6.45, 7) is 4.10. The second-order valence-electron chi connectivity index (χ2n) is 4.77. The van der Waals surface area contributed by atoms with Crippen molar-refractivity contribution in [1.29, 1.82) is 0 Å². The first kappa shape index (κ1) is 15.0. The predicted molar refractivity (Wildman–Crippen MR) is 90.7 cm³/mol. The van der Waals surface area contributed by atoms with Crippen molar-refractivity contribution in [2.24, 2.45) is 5.73 Å². The van der Waals surface area contributed by atoms with Crippen LogP contribution >= 0.6 is 12.2 Å². The molecule has 108 valence electrons. The zero-order valence-electron chi connectivity index (χ0n) is 11.9. The zero-order chi connectivity index (χ0) is 15.4. The van der Waals surface area contributed by atoms with E-state index in [1.165, 1.54) is 5.56 Å². The van der Waals surface area contributed by atoms with Gasteiger partial charge in [-0.25, -0.2) is 0 Å². The van der Waals surface area contributed by atoms with Crippen molar-refractivity contribution in [2.75, 3.05) is 10.6 Å². The van der Waals surface area contributed by atoms with Crippen molar-refractivity contribution in [3.8, 4) is 0 Å². The van der Waals surface area contributed by atoms with E-state index in [1.54, 1.807) is 24.3 Å². The van der Waals surface area contributed by atoms with E-state index in [2.05, 4.69) is 23.6 Å². The minimum atomic E-state index is -0.447. The van der Waals surface area contributed by atoms with Crippen molar-refractivity contribution in [3.05, 3.63) is 59.2 Å². The number of hydrogen-bond donors (Lipinski definition) is 3. The highest BCUT2D eigenvalue weighted by Crippen LogP contribution is 2.18. The van der Waals surface area contributed by atoms with Gasteiger partial charge in [-0.3, -0.25) is 4.79 Å². The molecule has 2 rings (SSSR count). The Morgan fingerprint density at radius 3 is 2.33 bits per heavy atom. The maximum Gasteiger partial charge on any atom is 0.248 e. The number of aryl methyl sites for hydroxylation is 1. The van der Waals surface area contributed by atoms with Gasteiger partial charge in [0.05, 0.1) is 0 Å². The third-order valence-electron chi connectivity index (χ3n) is 3.28. The molecule has 4 nitrogen and oxygen atoms in total. The zero-order valence-corrected chi connectivity index (χ0v) is 12.8. The van der Waals surface area contributed by atoms with Gasteiger partial charge in [0.2, 0.25) is 5.91 Å². The molecule has 1 amide bonds. The van der Waals surface area contributed by atoms with E-state index in [4.69, 9.17) is 18.0 Å². The Bertz CT molecular complexity index is 680. The van der Waals surface area contributed by atoms with Crippen LogP contribution in [0.5, 0.6) is 0 Å². The summed E-state index contributed by atoms with van der Waals surface area (Å²) in [5, 5.41) is 6.73. The number of rotatable bonds is 3. The lowest BCUT2D eigenvalue weighted by molar-refractivity contribution is 0.100. The molecule has 0 unspecified atom stereocenters. The largest absolute Gasteiger partial charge is 0.366 e. The average molecular weight is 299 g/mol. The van der Waals surface area contributed by atoms with Gasteiger partial charge in [-0.1, -0.05) is 12.1 Å². The highest BCUT2D eigenvalue weighted by Gasteiger charge is 2.04. The number of benzene rings is 2. The molecule has 0 radical (unpaired) electrons. The Morgan fingerprint density at radius 1 is 1.05 bits per heavy atom. The average Bonchev–Trinajstić information content (AvgIpc) is 2.44. The number of nitrogens with one attached hydrogen (secondary N) is 2. The third-order valence-corrected chi connectivity index (χ3v) is 3.48. The molecule has 21 heavy (non-hydrogen) atoms. The van der Waals surface area contributed by atoms with Gasteiger partial charge in [-0.05, 0) is 67.5 Å². The number of hydrogen-bond acceptors (Lipinski definition) is 2. The molecule has 0 spiro atoms. The van der Waals surface area contributed by atoms with Crippen molar-refractivity contribution in [2.45, 2.75) is 13.8 Å². The molecule has 0 aromatic heterocycles. The first-order valence-corrected chi connectivity index (χ1v) is 6.92. The van der Waals surface area contributed by atoms with Crippen LogP contribution in [0, 0.1) is 13.8 Å². The predicted octanol–water partition coefficient (Wildman–Crippen LogP) is 3.21. The molecular weight excluding hydrogens is 282 g/mol. The van der Waals surface area contributed by atoms with Gasteiger partial charge in [0.25, 0.3) is 0 Å². The van der Waals surface area contributed by atoms with Gasteiger partial charge in [0, 0.05) is 16.9 Å². The van der Waals surface area contributed by atoms with Gasteiger partial charge in [-0.15, -0.1) is 0 Å². The van der Waals surface area contributed by atoms with Crippen molar-refractivity contribution in [3.63, 3.8) is 0 Å². The molecule has 2 aromatic rings. The van der Waals surface area contributed by atoms with Crippen LogP contribution in [0.2, 0.25) is 0 Å². The molecular formula is C16H17N3OS. The number of carbonyl (C=O) groups excluding carboxylic acids is 1. The molecule has 0 aliphatic carbocycles. The number of anilines is 2. The molecule has 2 aromatic carbocycles. The summed E-state index contributed by atoms with van der Waals surface area (Å²) in [6, 6.07) is 12.9. The van der Waals surface area contributed by atoms with Crippen LogP contribution in [-0.2, 0) is 0 Å². The molecule has 0 bridgehead atoms. The Morgan fingerprint density at radius 2 is 1.71 bits per heavy atom. The quantitative estimate of drug-likeness (QED) is 0.761. The maximum atomic E-state index is 11.0. The second kappa shape index (κ2) is 6.37. The van der Waals surface area contributed by atoms with Crippen LogP contribution in [0.1, 0.15) is 21.5 Å². The highest BCUT2D eigenvalue weighted by molar-refractivity contribution is 7.80. The number of nitrogens with two attached hydrogens (primary N) is 1. The molecule has 0 saturated carbocycles. The van der Waals surface area contributed by atoms with E-state index in [0.29, 0.717) is 10.7 Å². The van der Waals surface area contributed by atoms with Crippen LogP contribution in [0.3, 0.4) is 0 Å². The van der Waals surface area contributed by atoms with E-state index in [1.807, 2.05) is 19.1 Å². The van der Waals surface area contributed by atoms with Crippen LogP contribution < -0.4 is 16.4 Å². The van der Waals surface area contributed by atoms with Crippen LogP contribution in [0.15, 0.2) is 42.5 Å². The van der Waals surface area contributed by atoms with Gasteiger partial charge in [-0.2, -0.15) is 0 Å². The van der Waals surface area contributed by atoms with Gasteiger partial charge < -0.3 is 16.4 Å². The van der Waals surface area contributed by atoms with E-state index < -0.39 is 5.91 Å². The molecule has 5 heteroatoms. The minimum Gasteiger partial charge on any atom is -0.366 e. The number of amides is 1. The van der Waals surface area contributed by atoms with Crippen LogP contribution in [0.25, 0.3) is 0 Å². The van der Waals surface area contributed by atoms with Gasteiger partial charge in [0.15, 0.2) is 5.11 Å². The molecule has 0 aliphatic rings. The summed E-state index contributed by atoms with van der Waals surface area (Å²) in [5.41, 5.74) is 9.80. The Labute approximate surface area is 129 Å². The fourth-order valence-electron chi connectivity index (χ4n) is 1.89. The molecule has 0 saturated heterocycles. The van der Waals surface area contributed by atoms with Crippen molar-refractivity contribution < 1.29 is 4.79 Å². The summed E-state index contributed by atoms with van der Waals surface area (Å²) < 4.78 is 0. The lowest BCUT2D eigenvalue weighted by Gasteiger charge is -2.13. The van der Waals surface area contributed by atoms with Crippen molar-refractivity contribution >= 4 is 34.6 Å². The lowest BCUT2D eigenvalue weighted by Crippen LogP contribution is -2.20. The Hall–Kier alpha value is -2.40. The minimum absolute atomic E-state index is 0.447. The summed E-state index contributed by atoms with van der Waals surface area (Å²) in [6.07, 6.45) is 0. The smallest absolute Gasteiger partial charge is 0.248 e. The monoisotopic (exact) mass is 299 g/mol. The van der Waals surface area contributed by atoms with E-state index in [9.17, 15) is 4.79 Å². The third kappa shape index (κ3) is 3.79. The van der Waals surface area contributed by atoms with Crippen LogP contribution in [-0.4, -0.2) is 11.0 Å². The second-order valence-corrected chi connectivity index (χ2v) is 5.18. The molecule has 4 N–H and O–H groups in total. The highest BCUT2D eigenvalue weighted by atomic mass is 32.1. The van der Waals surface area contributed by atoms with E-state index in [0.717, 1.165) is 16.9 Å². The maximum absolute atomic E-state index is 11.0. The standard InChI is InChI=1S/C16H17N3OS/c1-10-4-3-5-14(11(10)2)19-16(21)18-13-8-6-12(7-9-13)15(17)20/h3-9H,1-2H3,(H2,17,20)(H2,18,19,21). The topological polar surface area (TPSA) is 67.2 Å². The first-order chi connectivity index (χ1) is 9.97. The van der Waals surface area contributed by atoms with E-state index >= 15 is 0 Å². The normalized spacial score (nSPS) is 10.0. The summed E-state index contributed by atoms with van der Waals surface area (Å²) >= 11 is 5.29. The van der Waals surface area contributed by atoms with Gasteiger partial charge >= 0.3 is 0 Å². The summed E-state index contributed by atoms with van der Waals surface area (Å²) in [5.74, 6) is -0.447. The summed E-state index contributed by atoms with van der Waals surface area (Å²) in [7, 11) is 0. The molecule has 0 aliphatic heterocycles. The SMILES string of the molecule is Cc1cccc(NC(=S)Nc2ccc(C(N)=O)cc2)c1C. The number of primary amides is 1. The Balaban J connectivity index is 2.04. The first-order valence-electron chi connectivity index (χ1n) is 6.51. The number of carbonyl (C=O) groups is 1. The van der Waals surface area contributed by atoms with E-state index in [-0.39, 0.29) is 0 Å². The lowest BCUT2D eigenvalue weighted by atomic mass is 10.1. The van der Waals surface area contributed by atoms with Gasteiger partial charge in [0.1, 0.15) is 0 Å². The number of thiocarbonyl (C=S) groups is 1. The summed E-state index contributed by atoms with van der Waals surface area (Å²) in [4.78, 5) is 11.0. The van der Waals surface area contributed by atoms with Crippen LogP contribution in [0.4, 0.5) is 11.4 Å². The fraction of sp³-hybridized carbons (Fsp3) is 0.125. The Kier molecular flexibility index (Phi) is 4.55. The molecule has 0 atom stereocenters.